The maximum absolute atomic E-state index is 12.3. The molecule has 0 radical (unpaired) electrons. The molecule has 0 spiro atoms. The molecule has 1 fully saturated rings. The number of hydrogen-bond acceptors (Lipinski definition) is 9. The van der Waals surface area contributed by atoms with Crippen molar-refractivity contribution in [2.24, 2.45) is 5.92 Å². The molecule has 2 amide bonds. The number of para-hydroxylation sites is 1. The number of anilines is 3. The van der Waals surface area contributed by atoms with E-state index in [0.717, 1.165) is 12.8 Å². The number of aliphatic hydroxyl groups is 1. The minimum absolute atomic E-state index is 0.00190. The van der Waals surface area contributed by atoms with E-state index in [-0.39, 0.29) is 36.6 Å². The second-order valence-corrected chi connectivity index (χ2v) is 7.42. The third kappa shape index (κ3) is 3.60. The topological polar surface area (TPSA) is 156 Å². The highest BCUT2D eigenvalue weighted by Crippen LogP contribution is 2.38. The Kier molecular flexibility index (Phi) is 4.90. The maximum Gasteiger partial charge on any atom is 0.273 e. The molecule has 12 heteroatoms. The lowest BCUT2D eigenvalue weighted by Crippen LogP contribution is -2.22. The number of amides is 2. The molecule has 1 saturated carbocycles. The third-order valence-electron chi connectivity index (χ3n) is 5.13. The first-order valence-electron chi connectivity index (χ1n) is 10.1. The van der Waals surface area contributed by atoms with Gasteiger partial charge in [-0.2, -0.15) is 0 Å². The van der Waals surface area contributed by atoms with Crippen LogP contribution >= 0.6 is 0 Å². The Morgan fingerprint density at radius 3 is 2.84 bits per heavy atom. The van der Waals surface area contributed by atoms with Gasteiger partial charge in [-0.3, -0.25) is 9.59 Å². The van der Waals surface area contributed by atoms with Crippen LogP contribution in [-0.4, -0.2) is 48.9 Å². The van der Waals surface area contributed by atoms with Gasteiger partial charge in [-0.05, 0) is 25.0 Å². The van der Waals surface area contributed by atoms with Crippen molar-refractivity contribution >= 4 is 29.0 Å². The molecule has 1 aromatic carbocycles. The maximum atomic E-state index is 12.3. The van der Waals surface area contributed by atoms with E-state index < -0.39 is 5.91 Å². The van der Waals surface area contributed by atoms with Crippen molar-refractivity contribution in [2.45, 2.75) is 26.1 Å². The monoisotopic (exact) mass is 436 g/mol. The number of carbonyl (C=O) groups is 2. The van der Waals surface area contributed by atoms with Gasteiger partial charge in [-0.15, -0.1) is 15.3 Å². The Bertz CT molecular complexity index is 1220. The van der Waals surface area contributed by atoms with Crippen LogP contribution in [0.25, 0.3) is 5.69 Å². The largest absolute Gasteiger partial charge is 0.481 e. The highest BCUT2D eigenvalue weighted by molar-refractivity contribution is 6.00. The molecule has 2 aromatic heterocycles. The van der Waals surface area contributed by atoms with E-state index in [9.17, 15) is 14.7 Å². The Labute approximate surface area is 182 Å². The summed E-state index contributed by atoms with van der Waals surface area (Å²) in [6.45, 7) is -0.112. The lowest BCUT2D eigenvalue weighted by atomic mass is 10.2. The summed E-state index contributed by atoms with van der Waals surface area (Å²) in [5.74, 6) is 1.06. The molecule has 0 bridgehead atoms. The lowest BCUT2D eigenvalue weighted by Gasteiger charge is -2.21. The molecule has 0 atom stereocenters. The molecule has 12 nitrogen and oxygen atoms in total. The first-order chi connectivity index (χ1) is 15.6. The van der Waals surface area contributed by atoms with Gasteiger partial charge < -0.3 is 25.8 Å². The summed E-state index contributed by atoms with van der Waals surface area (Å²) in [5, 5.41) is 30.1. The van der Waals surface area contributed by atoms with E-state index in [1.54, 1.807) is 22.9 Å². The molecule has 32 heavy (non-hydrogen) atoms. The first kappa shape index (κ1) is 19.9. The number of carbonyl (C=O) groups excluding carboxylic acids is 2. The lowest BCUT2D eigenvalue weighted by molar-refractivity contribution is -0.117. The van der Waals surface area contributed by atoms with Crippen LogP contribution in [0.15, 0.2) is 24.3 Å². The van der Waals surface area contributed by atoms with E-state index in [1.165, 1.54) is 7.05 Å². The van der Waals surface area contributed by atoms with Crippen molar-refractivity contribution in [1.29, 1.82) is 0 Å². The fourth-order valence-electron chi connectivity index (χ4n) is 3.38. The van der Waals surface area contributed by atoms with Crippen LogP contribution in [0.2, 0.25) is 0 Å². The summed E-state index contributed by atoms with van der Waals surface area (Å²) < 4.78 is 7.51. The van der Waals surface area contributed by atoms with Crippen molar-refractivity contribution in [3.8, 4) is 11.4 Å². The van der Waals surface area contributed by atoms with E-state index in [1.807, 2.05) is 6.07 Å². The molecular formula is C20H20N8O4. The number of ether oxygens (including phenoxy) is 1. The average molecular weight is 436 g/mol. The molecule has 2 aliphatic rings. The van der Waals surface area contributed by atoms with Crippen LogP contribution in [0.5, 0.6) is 5.75 Å². The Morgan fingerprint density at radius 1 is 1.25 bits per heavy atom. The van der Waals surface area contributed by atoms with E-state index in [2.05, 4.69) is 36.2 Å². The van der Waals surface area contributed by atoms with Gasteiger partial charge in [0.15, 0.2) is 28.9 Å². The zero-order chi connectivity index (χ0) is 22.2. The van der Waals surface area contributed by atoms with Gasteiger partial charge in [0.25, 0.3) is 5.91 Å². The zero-order valence-corrected chi connectivity index (χ0v) is 17.1. The van der Waals surface area contributed by atoms with Gasteiger partial charge >= 0.3 is 0 Å². The molecular weight excluding hydrogens is 416 g/mol. The fraction of sp³-hybridized carbons (Fsp3) is 0.300. The van der Waals surface area contributed by atoms with Gasteiger partial charge in [-0.1, -0.05) is 6.07 Å². The van der Waals surface area contributed by atoms with E-state index in [0.29, 0.717) is 34.5 Å². The number of aromatic nitrogens is 5. The number of rotatable bonds is 6. The summed E-state index contributed by atoms with van der Waals surface area (Å²) in [6.07, 6.45) is 1.72. The summed E-state index contributed by atoms with van der Waals surface area (Å²) >= 11 is 0. The number of nitrogens with zero attached hydrogens (tertiary/aromatic N) is 5. The molecule has 0 saturated heterocycles. The smallest absolute Gasteiger partial charge is 0.273 e. The fourth-order valence-corrected chi connectivity index (χ4v) is 3.38. The molecule has 164 valence electrons. The highest BCUT2D eigenvalue weighted by atomic mass is 16.5. The van der Waals surface area contributed by atoms with Crippen molar-refractivity contribution in [2.75, 3.05) is 17.7 Å². The average Bonchev–Trinajstić information content (AvgIpc) is 3.57. The van der Waals surface area contributed by atoms with Crippen LogP contribution in [0.1, 0.15) is 35.0 Å². The molecule has 4 N–H and O–H groups in total. The number of benzene rings is 1. The van der Waals surface area contributed by atoms with Gasteiger partial charge in [0.2, 0.25) is 5.91 Å². The van der Waals surface area contributed by atoms with Crippen molar-refractivity contribution in [1.82, 2.24) is 30.3 Å². The SMILES string of the molecule is CNC(=O)c1nnc(NC(=O)C2CC2)cc1Nc1cccc2c1OCc1nc(CO)nn1-2. The van der Waals surface area contributed by atoms with Crippen molar-refractivity contribution in [3.05, 3.63) is 41.6 Å². The van der Waals surface area contributed by atoms with Gasteiger partial charge in [0.05, 0.1) is 11.4 Å². The van der Waals surface area contributed by atoms with Crippen molar-refractivity contribution < 1.29 is 19.4 Å². The second kappa shape index (κ2) is 7.89. The van der Waals surface area contributed by atoms with Crippen LogP contribution in [-0.2, 0) is 18.0 Å². The predicted octanol–water partition coefficient (Wildman–Crippen LogP) is 0.894. The van der Waals surface area contributed by atoms with Crippen LogP contribution in [0.3, 0.4) is 0 Å². The van der Waals surface area contributed by atoms with Crippen LogP contribution in [0.4, 0.5) is 17.2 Å². The summed E-state index contributed by atoms with van der Waals surface area (Å²) in [5.41, 5.74) is 1.61. The Morgan fingerprint density at radius 2 is 2.09 bits per heavy atom. The zero-order valence-electron chi connectivity index (χ0n) is 17.1. The number of fused-ring (bicyclic) bond motifs is 3. The second-order valence-electron chi connectivity index (χ2n) is 7.42. The van der Waals surface area contributed by atoms with Gasteiger partial charge in [0, 0.05) is 19.0 Å². The molecule has 1 aliphatic carbocycles. The normalized spacial score (nSPS) is 14.1. The van der Waals surface area contributed by atoms with Crippen LogP contribution in [0, 0.1) is 5.92 Å². The molecule has 1 aliphatic heterocycles. The summed E-state index contributed by atoms with van der Waals surface area (Å²) in [4.78, 5) is 28.7. The Balaban J connectivity index is 1.51. The van der Waals surface area contributed by atoms with Gasteiger partial charge in [-0.25, -0.2) is 9.67 Å². The third-order valence-corrected chi connectivity index (χ3v) is 5.13. The molecule has 3 heterocycles. The van der Waals surface area contributed by atoms with E-state index in [4.69, 9.17) is 4.74 Å². The highest BCUT2D eigenvalue weighted by Gasteiger charge is 2.30. The summed E-state index contributed by atoms with van der Waals surface area (Å²) in [6, 6.07) is 6.95. The van der Waals surface area contributed by atoms with Crippen molar-refractivity contribution in [3.63, 3.8) is 0 Å². The number of nitrogens with one attached hydrogen (secondary N) is 3. The number of aliphatic hydroxyl groups excluding tert-OH is 1. The standard InChI is InChI=1S/C20H20N8O4/c1-21-20(31)17-12(7-14(25-26-17)24-19(30)10-5-6-10)22-11-3-2-4-13-18(11)32-9-16-23-15(8-29)27-28(13)16/h2-4,7,10,29H,5-6,8-9H2,1H3,(H,21,31)(H2,22,24,25,30). The Hall–Kier alpha value is -4.06. The first-order valence-corrected chi connectivity index (χ1v) is 10.1. The van der Waals surface area contributed by atoms with Gasteiger partial charge in [0.1, 0.15) is 18.9 Å². The number of hydrogen-bond donors (Lipinski definition) is 4. The molecule has 0 unspecified atom stereocenters. The summed E-state index contributed by atoms with van der Waals surface area (Å²) in [7, 11) is 1.50. The van der Waals surface area contributed by atoms with E-state index >= 15 is 0 Å². The minimum Gasteiger partial charge on any atom is -0.481 e. The molecule has 3 aromatic rings. The predicted molar refractivity (Wildman–Crippen MR) is 112 cm³/mol. The van der Waals surface area contributed by atoms with Crippen LogP contribution < -0.4 is 20.7 Å². The quantitative estimate of drug-likeness (QED) is 0.441. The molecule has 5 rings (SSSR count). The minimum atomic E-state index is -0.433.